The van der Waals surface area contributed by atoms with Crippen molar-refractivity contribution in [2.45, 2.75) is 23.8 Å². The molecule has 2 aromatic carbocycles. The zero-order chi connectivity index (χ0) is 14.0. The molecule has 0 aliphatic carbocycles. The molecule has 0 aromatic heterocycles. The number of nitrogens with one attached hydrogen (secondary N) is 2. The molecule has 0 unspecified atom stereocenters. The van der Waals surface area contributed by atoms with Gasteiger partial charge >= 0.3 is 0 Å². The molecule has 0 spiro atoms. The van der Waals surface area contributed by atoms with E-state index in [-0.39, 0.29) is 6.04 Å². The maximum Gasteiger partial charge on any atom is 0.241 e. The van der Waals surface area contributed by atoms with E-state index in [0.29, 0.717) is 4.90 Å². The summed E-state index contributed by atoms with van der Waals surface area (Å²) < 4.78 is 28.0. The van der Waals surface area contributed by atoms with Crippen LogP contribution in [-0.4, -0.2) is 27.5 Å². The highest BCUT2D eigenvalue weighted by Gasteiger charge is 2.23. The summed E-state index contributed by atoms with van der Waals surface area (Å²) in [6, 6.07) is 13.8. The summed E-state index contributed by atoms with van der Waals surface area (Å²) in [5, 5.41) is 4.77. The molecule has 2 aromatic rings. The lowest BCUT2D eigenvalue weighted by Gasteiger charge is -2.23. The van der Waals surface area contributed by atoms with Crippen molar-refractivity contribution in [3.63, 3.8) is 0 Å². The lowest BCUT2D eigenvalue weighted by atomic mass is 10.1. The van der Waals surface area contributed by atoms with Crippen molar-refractivity contribution in [3.05, 3.63) is 42.5 Å². The quantitative estimate of drug-likeness (QED) is 0.903. The van der Waals surface area contributed by atoms with Crippen LogP contribution in [-0.2, 0) is 10.0 Å². The average molecular weight is 289 g/mol. The minimum Gasteiger partial charge on any atom is -0.317 e. The SMILES string of the molecule is O=S(=O)(NC1CCNCC1)c1cc[c]c2ccccc12. The summed E-state index contributed by atoms with van der Waals surface area (Å²) in [4.78, 5) is 0.338. The zero-order valence-electron chi connectivity index (χ0n) is 11.1. The van der Waals surface area contributed by atoms with E-state index in [0.717, 1.165) is 36.7 Å². The molecule has 4 nitrogen and oxygen atoms in total. The van der Waals surface area contributed by atoms with E-state index in [9.17, 15) is 8.42 Å². The molecule has 0 saturated carbocycles. The van der Waals surface area contributed by atoms with E-state index in [1.807, 2.05) is 24.3 Å². The van der Waals surface area contributed by atoms with Gasteiger partial charge in [0.15, 0.2) is 0 Å². The largest absolute Gasteiger partial charge is 0.317 e. The van der Waals surface area contributed by atoms with Gasteiger partial charge in [0.2, 0.25) is 10.0 Å². The molecule has 5 heteroatoms. The first-order chi connectivity index (χ1) is 9.67. The van der Waals surface area contributed by atoms with Gasteiger partial charge in [-0.15, -0.1) is 0 Å². The molecular formula is C15H17N2O2S. The van der Waals surface area contributed by atoms with Gasteiger partial charge in [0, 0.05) is 11.4 Å². The van der Waals surface area contributed by atoms with Gasteiger partial charge in [0.1, 0.15) is 0 Å². The van der Waals surface area contributed by atoms with E-state index in [1.165, 1.54) is 0 Å². The molecule has 1 radical (unpaired) electrons. The number of benzene rings is 2. The number of piperidine rings is 1. The topological polar surface area (TPSA) is 58.2 Å². The lowest BCUT2D eigenvalue weighted by Crippen LogP contribution is -2.42. The molecule has 0 amide bonds. The van der Waals surface area contributed by atoms with E-state index in [2.05, 4.69) is 16.1 Å². The third kappa shape index (κ3) is 2.70. The van der Waals surface area contributed by atoms with Crippen LogP contribution in [0, 0.1) is 6.07 Å². The van der Waals surface area contributed by atoms with E-state index in [1.54, 1.807) is 12.1 Å². The van der Waals surface area contributed by atoms with E-state index in [4.69, 9.17) is 0 Å². The Morgan fingerprint density at radius 2 is 1.90 bits per heavy atom. The number of hydrogen-bond donors (Lipinski definition) is 2. The lowest BCUT2D eigenvalue weighted by molar-refractivity contribution is 0.427. The number of fused-ring (bicyclic) bond motifs is 1. The van der Waals surface area contributed by atoms with Crippen LogP contribution in [0.5, 0.6) is 0 Å². The Morgan fingerprint density at radius 3 is 2.70 bits per heavy atom. The third-order valence-electron chi connectivity index (χ3n) is 3.62. The molecule has 1 fully saturated rings. The molecule has 1 heterocycles. The Bertz CT molecular complexity index is 701. The van der Waals surface area contributed by atoms with Crippen LogP contribution in [0.25, 0.3) is 10.8 Å². The summed E-state index contributed by atoms with van der Waals surface area (Å²) in [6.07, 6.45) is 1.66. The molecule has 0 atom stereocenters. The molecule has 1 saturated heterocycles. The summed E-state index contributed by atoms with van der Waals surface area (Å²) in [6.45, 7) is 1.72. The molecule has 1 aliphatic rings. The number of sulfonamides is 1. The average Bonchev–Trinajstić information content (AvgIpc) is 2.47. The van der Waals surface area contributed by atoms with Crippen molar-refractivity contribution in [3.8, 4) is 0 Å². The van der Waals surface area contributed by atoms with Gasteiger partial charge in [-0.2, -0.15) is 0 Å². The maximum absolute atomic E-state index is 12.6. The first-order valence-electron chi connectivity index (χ1n) is 6.79. The van der Waals surface area contributed by atoms with Gasteiger partial charge in [-0.3, -0.25) is 0 Å². The first kappa shape index (κ1) is 13.5. The van der Waals surface area contributed by atoms with Crippen LogP contribution in [0.2, 0.25) is 0 Å². The number of rotatable bonds is 3. The molecule has 105 valence electrons. The van der Waals surface area contributed by atoms with Gasteiger partial charge < -0.3 is 5.32 Å². The van der Waals surface area contributed by atoms with Gasteiger partial charge in [-0.1, -0.05) is 30.3 Å². The van der Waals surface area contributed by atoms with Crippen LogP contribution in [0.4, 0.5) is 0 Å². The molecule has 0 bridgehead atoms. The van der Waals surface area contributed by atoms with Crippen LogP contribution < -0.4 is 10.0 Å². The second kappa shape index (κ2) is 5.52. The Balaban J connectivity index is 1.96. The van der Waals surface area contributed by atoms with Crippen molar-refractivity contribution in [2.24, 2.45) is 0 Å². The van der Waals surface area contributed by atoms with Gasteiger partial charge in [0.05, 0.1) is 4.90 Å². The van der Waals surface area contributed by atoms with Crippen molar-refractivity contribution in [1.29, 1.82) is 0 Å². The van der Waals surface area contributed by atoms with Crippen LogP contribution in [0.1, 0.15) is 12.8 Å². The summed E-state index contributed by atoms with van der Waals surface area (Å²) in [5.74, 6) is 0. The molecule has 2 N–H and O–H groups in total. The highest BCUT2D eigenvalue weighted by Crippen LogP contribution is 2.23. The fourth-order valence-corrected chi connectivity index (χ4v) is 4.09. The van der Waals surface area contributed by atoms with Crippen molar-refractivity contribution >= 4 is 20.8 Å². The summed E-state index contributed by atoms with van der Waals surface area (Å²) in [7, 11) is -3.48. The van der Waals surface area contributed by atoms with Crippen molar-refractivity contribution < 1.29 is 8.42 Å². The summed E-state index contributed by atoms with van der Waals surface area (Å²) in [5.41, 5.74) is 0. The zero-order valence-corrected chi connectivity index (χ0v) is 11.9. The molecule has 20 heavy (non-hydrogen) atoms. The molecule has 3 rings (SSSR count). The number of hydrogen-bond acceptors (Lipinski definition) is 3. The normalized spacial score (nSPS) is 17.4. The Hall–Kier alpha value is -1.43. The monoisotopic (exact) mass is 289 g/mol. The predicted molar refractivity (Wildman–Crippen MR) is 79.0 cm³/mol. The fraction of sp³-hybridized carbons (Fsp3) is 0.333. The third-order valence-corrected chi connectivity index (χ3v) is 5.20. The summed E-state index contributed by atoms with van der Waals surface area (Å²) >= 11 is 0. The predicted octanol–water partition coefficient (Wildman–Crippen LogP) is 1.67. The van der Waals surface area contributed by atoms with Crippen LogP contribution in [0.3, 0.4) is 0 Å². The van der Waals surface area contributed by atoms with Crippen LogP contribution in [0.15, 0.2) is 41.3 Å². The molecule has 1 aliphatic heterocycles. The van der Waals surface area contributed by atoms with Gasteiger partial charge in [0.25, 0.3) is 0 Å². The Labute approximate surface area is 119 Å². The van der Waals surface area contributed by atoms with E-state index < -0.39 is 10.0 Å². The first-order valence-corrected chi connectivity index (χ1v) is 8.28. The standard InChI is InChI=1S/C15H17N2O2S/c18-20(19,17-13-8-10-16-11-9-13)15-7-3-5-12-4-1-2-6-14(12)15/h1-4,6-7,13,16-17H,8-11H2. The minimum absolute atomic E-state index is 0.0178. The van der Waals surface area contributed by atoms with Crippen molar-refractivity contribution in [2.75, 3.05) is 13.1 Å². The van der Waals surface area contributed by atoms with Gasteiger partial charge in [-0.05, 0) is 43.5 Å². The Kier molecular flexibility index (Phi) is 3.74. The second-order valence-electron chi connectivity index (χ2n) is 5.03. The second-order valence-corrected chi connectivity index (χ2v) is 6.72. The van der Waals surface area contributed by atoms with Crippen LogP contribution >= 0.6 is 0 Å². The Morgan fingerprint density at radius 1 is 1.15 bits per heavy atom. The van der Waals surface area contributed by atoms with Gasteiger partial charge in [-0.25, -0.2) is 13.1 Å². The minimum atomic E-state index is -3.48. The maximum atomic E-state index is 12.6. The smallest absolute Gasteiger partial charge is 0.241 e. The highest BCUT2D eigenvalue weighted by molar-refractivity contribution is 7.89. The highest BCUT2D eigenvalue weighted by atomic mass is 32.2. The fourth-order valence-electron chi connectivity index (χ4n) is 2.58. The van der Waals surface area contributed by atoms with E-state index >= 15 is 0 Å². The molecular weight excluding hydrogens is 272 g/mol. The van der Waals surface area contributed by atoms with Crippen molar-refractivity contribution in [1.82, 2.24) is 10.0 Å².